The Hall–Kier alpha value is -3.17. The van der Waals surface area contributed by atoms with Crippen molar-refractivity contribution in [3.05, 3.63) is 29.6 Å². The van der Waals surface area contributed by atoms with Gasteiger partial charge in [-0.05, 0) is 25.0 Å². The average molecular weight is 391 g/mol. The number of hydrogen-bond donors (Lipinski definition) is 0. The SMILES string of the molecule is COC(=O)c1ccc(C(=O)N2CCC(N3C(=O)OC[C@@H]3C(=O)OC)CC2)nc1. The fraction of sp³-hybridized carbons (Fsp3) is 0.500. The number of piperidine rings is 1. The maximum Gasteiger partial charge on any atom is 0.410 e. The fourth-order valence-electron chi connectivity index (χ4n) is 3.42. The first-order chi connectivity index (χ1) is 13.5. The highest BCUT2D eigenvalue weighted by molar-refractivity contribution is 5.94. The molecule has 0 unspecified atom stereocenters. The van der Waals surface area contributed by atoms with Crippen LogP contribution in [0, 0.1) is 0 Å². The van der Waals surface area contributed by atoms with Crippen LogP contribution in [0.2, 0.25) is 0 Å². The van der Waals surface area contributed by atoms with Crippen LogP contribution in [0.4, 0.5) is 4.79 Å². The van der Waals surface area contributed by atoms with Gasteiger partial charge >= 0.3 is 18.0 Å². The van der Waals surface area contributed by atoms with Crippen LogP contribution in [0.25, 0.3) is 0 Å². The topological polar surface area (TPSA) is 115 Å². The number of hydrogen-bond acceptors (Lipinski definition) is 8. The minimum absolute atomic E-state index is 0.0267. The second kappa shape index (κ2) is 8.24. The lowest BCUT2D eigenvalue weighted by atomic mass is 10.0. The molecular weight excluding hydrogens is 370 g/mol. The number of nitrogens with zero attached hydrogens (tertiary/aromatic N) is 3. The molecule has 10 nitrogen and oxygen atoms in total. The summed E-state index contributed by atoms with van der Waals surface area (Å²) in [5.74, 6) is -1.30. The van der Waals surface area contributed by atoms with Gasteiger partial charge in [-0.25, -0.2) is 14.4 Å². The van der Waals surface area contributed by atoms with Crippen molar-refractivity contribution in [1.82, 2.24) is 14.8 Å². The minimum Gasteiger partial charge on any atom is -0.467 e. The number of amides is 2. The van der Waals surface area contributed by atoms with E-state index in [1.54, 1.807) is 4.90 Å². The summed E-state index contributed by atoms with van der Waals surface area (Å²) < 4.78 is 14.3. The Kier molecular flexibility index (Phi) is 5.76. The third-order valence-electron chi connectivity index (χ3n) is 4.93. The molecule has 0 bridgehead atoms. The van der Waals surface area contributed by atoms with Crippen LogP contribution in [0.15, 0.2) is 18.3 Å². The van der Waals surface area contributed by atoms with Gasteiger partial charge in [-0.2, -0.15) is 0 Å². The van der Waals surface area contributed by atoms with Crippen LogP contribution < -0.4 is 0 Å². The molecule has 2 aliphatic heterocycles. The second-order valence-electron chi connectivity index (χ2n) is 6.47. The maximum absolute atomic E-state index is 12.6. The van der Waals surface area contributed by atoms with Gasteiger partial charge in [0.1, 0.15) is 12.3 Å². The lowest BCUT2D eigenvalue weighted by Crippen LogP contribution is -2.52. The summed E-state index contributed by atoms with van der Waals surface area (Å²) in [4.78, 5) is 55.0. The smallest absolute Gasteiger partial charge is 0.410 e. The Morgan fingerprint density at radius 3 is 2.43 bits per heavy atom. The Labute approximate surface area is 161 Å². The molecule has 1 atom stereocenters. The number of carbonyl (C=O) groups is 4. The van der Waals surface area contributed by atoms with E-state index in [1.807, 2.05) is 0 Å². The fourth-order valence-corrected chi connectivity index (χ4v) is 3.42. The number of aromatic nitrogens is 1. The summed E-state index contributed by atoms with van der Waals surface area (Å²) in [5, 5.41) is 0. The van der Waals surface area contributed by atoms with Crippen molar-refractivity contribution in [2.24, 2.45) is 0 Å². The predicted octanol–water partition coefficient (Wildman–Crippen LogP) is 0.467. The van der Waals surface area contributed by atoms with Crippen molar-refractivity contribution in [3.8, 4) is 0 Å². The van der Waals surface area contributed by atoms with Crippen molar-refractivity contribution < 1.29 is 33.4 Å². The van der Waals surface area contributed by atoms with Crippen LogP contribution in [-0.2, 0) is 19.0 Å². The van der Waals surface area contributed by atoms with E-state index in [4.69, 9.17) is 9.47 Å². The largest absolute Gasteiger partial charge is 0.467 e. The number of esters is 2. The van der Waals surface area contributed by atoms with E-state index in [-0.39, 0.29) is 29.8 Å². The molecule has 0 aromatic carbocycles. The monoisotopic (exact) mass is 391 g/mol. The molecule has 2 saturated heterocycles. The van der Waals surface area contributed by atoms with E-state index in [2.05, 4.69) is 9.72 Å². The van der Waals surface area contributed by atoms with Gasteiger partial charge in [0, 0.05) is 25.3 Å². The first-order valence-corrected chi connectivity index (χ1v) is 8.82. The number of ether oxygens (including phenoxy) is 3. The third kappa shape index (κ3) is 3.75. The molecule has 28 heavy (non-hydrogen) atoms. The molecule has 0 N–H and O–H groups in total. The number of pyridine rings is 1. The van der Waals surface area contributed by atoms with E-state index >= 15 is 0 Å². The van der Waals surface area contributed by atoms with Crippen LogP contribution in [-0.4, -0.2) is 84.7 Å². The zero-order valence-electron chi connectivity index (χ0n) is 15.6. The molecule has 2 amide bonds. The lowest BCUT2D eigenvalue weighted by Gasteiger charge is -2.37. The first-order valence-electron chi connectivity index (χ1n) is 8.82. The first kappa shape index (κ1) is 19.6. The van der Waals surface area contributed by atoms with E-state index in [1.165, 1.54) is 37.4 Å². The standard InChI is InChI=1S/C18H21N3O7/c1-26-16(23)11-3-4-13(19-9-11)15(22)20-7-5-12(6-8-20)21-14(17(24)27-2)10-28-18(21)25/h3-4,9,12,14H,5-8,10H2,1-2H3/t14-/m1/s1. The third-order valence-corrected chi connectivity index (χ3v) is 4.93. The molecule has 10 heteroatoms. The summed E-state index contributed by atoms with van der Waals surface area (Å²) in [6.45, 7) is 0.782. The van der Waals surface area contributed by atoms with E-state index in [0.717, 1.165) is 0 Å². The zero-order chi connectivity index (χ0) is 20.3. The van der Waals surface area contributed by atoms with Gasteiger partial charge in [0.05, 0.1) is 19.8 Å². The van der Waals surface area contributed by atoms with E-state index in [0.29, 0.717) is 25.9 Å². The minimum atomic E-state index is -0.753. The Morgan fingerprint density at radius 2 is 1.86 bits per heavy atom. The Morgan fingerprint density at radius 1 is 1.14 bits per heavy atom. The predicted molar refractivity (Wildman–Crippen MR) is 93.5 cm³/mol. The van der Waals surface area contributed by atoms with Crippen molar-refractivity contribution in [2.45, 2.75) is 24.9 Å². The van der Waals surface area contributed by atoms with Crippen LogP contribution >= 0.6 is 0 Å². The molecule has 1 aromatic rings. The summed E-state index contributed by atoms with van der Waals surface area (Å²) in [5.41, 5.74) is 0.485. The molecule has 0 aliphatic carbocycles. The van der Waals surface area contributed by atoms with Gasteiger partial charge in [-0.3, -0.25) is 14.7 Å². The van der Waals surface area contributed by atoms with Gasteiger partial charge in [-0.15, -0.1) is 0 Å². The highest BCUT2D eigenvalue weighted by atomic mass is 16.6. The zero-order valence-corrected chi connectivity index (χ0v) is 15.6. The molecule has 2 aliphatic rings. The number of likely N-dealkylation sites (tertiary alicyclic amines) is 1. The molecule has 0 saturated carbocycles. The van der Waals surface area contributed by atoms with Gasteiger partial charge in [-0.1, -0.05) is 0 Å². The molecule has 3 heterocycles. The van der Waals surface area contributed by atoms with Crippen molar-refractivity contribution >= 4 is 23.9 Å². The highest BCUT2D eigenvalue weighted by Gasteiger charge is 2.44. The van der Waals surface area contributed by atoms with Crippen LogP contribution in [0.5, 0.6) is 0 Å². The van der Waals surface area contributed by atoms with Gasteiger partial charge in [0.2, 0.25) is 0 Å². The highest BCUT2D eigenvalue weighted by Crippen LogP contribution is 2.25. The van der Waals surface area contributed by atoms with Gasteiger partial charge in [0.25, 0.3) is 5.91 Å². The van der Waals surface area contributed by atoms with Crippen LogP contribution in [0.3, 0.4) is 0 Å². The number of rotatable bonds is 4. The van der Waals surface area contributed by atoms with Crippen molar-refractivity contribution in [1.29, 1.82) is 0 Å². The van der Waals surface area contributed by atoms with Crippen molar-refractivity contribution in [2.75, 3.05) is 33.9 Å². The normalized spacial score (nSPS) is 19.9. The van der Waals surface area contributed by atoms with Crippen LogP contribution in [0.1, 0.15) is 33.7 Å². The maximum atomic E-state index is 12.6. The average Bonchev–Trinajstić information content (AvgIpc) is 3.13. The summed E-state index contributed by atoms with van der Waals surface area (Å²) in [6, 6.07) is 2.00. The summed E-state index contributed by atoms with van der Waals surface area (Å²) >= 11 is 0. The quantitative estimate of drug-likeness (QED) is 0.537. The molecule has 150 valence electrons. The second-order valence-corrected chi connectivity index (χ2v) is 6.47. The number of cyclic esters (lactones) is 1. The van der Waals surface area contributed by atoms with Crippen molar-refractivity contribution in [3.63, 3.8) is 0 Å². The number of carbonyl (C=O) groups excluding carboxylic acids is 4. The molecule has 2 fully saturated rings. The Bertz CT molecular complexity index is 772. The Balaban J connectivity index is 1.61. The summed E-state index contributed by atoms with van der Waals surface area (Å²) in [6.07, 6.45) is 1.77. The van der Waals surface area contributed by atoms with E-state index < -0.39 is 24.1 Å². The molecular formula is C18H21N3O7. The molecule has 0 radical (unpaired) electrons. The molecule has 3 rings (SSSR count). The molecule has 1 aromatic heterocycles. The van der Waals surface area contributed by atoms with Gasteiger partial charge < -0.3 is 19.1 Å². The van der Waals surface area contributed by atoms with Gasteiger partial charge in [0.15, 0.2) is 6.04 Å². The number of methoxy groups -OCH3 is 2. The lowest BCUT2D eigenvalue weighted by molar-refractivity contribution is -0.145. The molecule has 0 spiro atoms. The van der Waals surface area contributed by atoms with E-state index in [9.17, 15) is 19.2 Å². The summed E-state index contributed by atoms with van der Waals surface area (Å²) in [7, 11) is 2.54.